The van der Waals surface area contributed by atoms with Crippen LogP contribution in [0.3, 0.4) is 0 Å². The topological polar surface area (TPSA) is 17.1 Å². The van der Waals surface area contributed by atoms with Crippen LogP contribution in [0.5, 0.6) is 0 Å². The SMILES string of the molecule is CCCCCCCCCCCCCC(=O)CCCCCCCCCCC. The first-order valence-electron chi connectivity index (χ1n) is 12.3. The Kier molecular flexibility index (Phi) is 22.4. The Balaban J connectivity index is 3.13. The lowest BCUT2D eigenvalue weighted by Crippen LogP contribution is -1.97. The summed E-state index contributed by atoms with van der Waals surface area (Å²) in [6, 6.07) is 0. The summed E-state index contributed by atoms with van der Waals surface area (Å²) >= 11 is 0. The zero-order chi connectivity index (χ0) is 19.1. The van der Waals surface area contributed by atoms with Crippen LogP contribution in [0.2, 0.25) is 0 Å². The zero-order valence-corrected chi connectivity index (χ0v) is 18.5. The monoisotopic (exact) mass is 366 g/mol. The average molecular weight is 367 g/mol. The smallest absolute Gasteiger partial charge is 0.132 e. The highest BCUT2D eigenvalue weighted by Crippen LogP contribution is 2.14. The Labute approximate surface area is 166 Å². The number of Topliss-reactive ketones (excluding diaryl/α,β-unsaturated/α-hetero) is 1. The van der Waals surface area contributed by atoms with E-state index in [1.807, 2.05) is 0 Å². The molecule has 0 atom stereocenters. The maximum absolute atomic E-state index is 11.9. The van der Waals surface area contributed by atoms with Gasteiger partial charge in [-0.25, -0.2) is 0 Å². The van der Waals surface area contributed by atoms with E-state index in [0.29, 0.717) is 5.78 Å². The number of hydrogen-bond acceptors (Lipinski definition) is 1. The third kappa shape index (κ3) is 21.7. The molecule has 26 heavy (non-hydrogen) atoms. The predicted octanol–water partition coefficient (Wildman–Crippen LogP) is 9.18. The van der Waals surface area contributed by atoms with Gasteiger partial charge in [0.1, 0.15) is 5.78 Å². The van der Waals surface area contributed by atoms with Gasteiger partial charge in [-0.3, -0.25) is 4.79 Å². The van der Waals surface area contributed by atoms with Crippen molar-refractivity contribution in [2.75, 3.05) is 0 Å². The summed E-state index contributed by atoms with van der Waals surface area (Å²) in [6.07, 6.45) is 28.7. The Morgan fingerprint density at radius 3 is 0.885 bits per heavy atom. The lowest BCUT2D eigenvalue weighted by Gasteiger charge is -2.04. The standard InChI is InChI=1S/C25H50O/c1-3-5-7-9-11-13-14-16-18-20-22-24-25(26)23-21-19-17-15-12-10-8-6-4-2/h3-24H2,1-2H3. The van der Waals surface area contributed by atoms with E-state index in [0.717, 1.165) is 25.7 Å². The molecule has 0 spiro atoms. The minimum atomic E-state index is 0.517. The minimum absolute atomic E-state index is 0.517. The van der Waals surface area contributed by atoms with Gasteiger partial charge in [0.2, 0.25) is 0 Å². The van der Waals surface area contributed by atoms with Crippen molar-refractivity contribution in [3.63, 3.8) is 0 Å². The Hall–Kier alpha value is -0.330. The molecule has 0 radical (unpaired) electrons. The van der Waals surface area contributed by atoms with Crippen molar-refractivity contribution in [2.45, 2.75) is 155 Å². The van der Waals surface area contributed by atoms with Crippen LogP contribution in [0.1, 0.15) is 155 Å². The fraction of sp³-hybridized carbons (Fsp3) is 0.960. The second-order valence-electron chi connectivity index (χ2n) is 8.40. The Bertz CT molecular complexity index is 271. The fourth-order valence-electron chi connectivity index (χ4n) is 3.74. The molecule has 0 fully saturated rings. The quantitative estimate of drug-likeness (QED) is 0.174. The van der Waals surface area contributed by atoms with Gasteiger partial charge in [-0.05, 0) is 12.8 Å². The summed E-state index contributed by atoms with van der Waals surface area (Å²) in [5.74, 6) is 0.517. The van der Waals surface area contributed by atoms with Gasteiger partial charge in [-0.2, -0.15) is 0 Å². The molecule has 0 aliphatic rings. The van der Waals surface area contributed by atoms with Gasteiger partial charge in [-0.1, -0.05) is 129 Å². The molecule has 1 heteroatoms. The molecule has 0 aromatic carbocycles. The van der Waals surface area contributed by atoms with Crippen LogP contribution in [-0.2, 0) is 4.79 Å². The zero-order valence-electron chi connectivity index (χ0n) is 18.5. The van der Waals surface area contributed by atoms with Crippen molar-refractivity contribution in [2.24, 2.45) is 0 Å². The van der Waals surface area contributed by atoms with Gasteiger partial charge >= 0.3 is 0 Å². The van der Waals surface area contributed by atoms with E-state index >= 15 is 0 Å². The molecule has 0 amide bonds. The van der Waals surface area contributed by atoms with Crippen molar-refractivity contribution in [3.05, 3.63) is 0 Å². The van der Waals surface area contributed by atoms with Crippen molar-refractivity contribution >= 4 is 5.78 Å². The van der Waals surface area contributed by atoms with Gasteiger partial charge in [0.05, 0.1) is 0 Å². The molecule has 0 unspecified atom stereocenters. The van der Waals surface area contributed by atoms with E-state index in [1.165, 1.54) is 116 Å². The average Bonchev–Trinajstić information content (AvgIpc) is 2.64. The molecule has 0 aromatic heterocycles. The van der Waals surface area contributed by atoms with Crippen LogP contribution in [0.15, 0.2) is 0 Å². The number of carbonyl (C=O) groups excluding carboxylic acids is 1. The van der Waals surface area contributed by atoms with Crippen LogP contribution in [-0.4, -0.2) is 5.78 Å². The van der Waals surface area contributed by atoms with Crippen LogP contribution in [0, 0.1) is 0 Å². The first-order valence-corrected chi connectivity index (χ1v) is 12.3. The highest BCUT2D eigenvalue weighted by atomic mass is 16.1. The molecule has 0 bridgehead atoms. The highest BCUT2D eigenvalue weighted by Gasteiger charge is 2.02. The van der Waals surface area contributed by atoms with Gasteiger partial charge in [-0.15, -0.1) is 0 Å². The summed E-state index contributed by atoms with van der Waals surface area (Å²) < 4.78 is 0. The molecule has 0 rings (SSSR count). The lowest BCUT2D eigenvalue weighted by atomic mass is 10.0. The summed E-state index contributed by atoms with van der Waals surface area (Å²) in [6.45, 7) is 4.55. The molecular weight excluding hydrogens is 316 g/mol. The number of rotatable bonds is 22. The molecule has 0 heterocycles. The fourth-order valence-corrected chi connectivity index (χ4v) is 3.74. The predicted molar refractivity (Wildman–Crippen MR) is 118 cm³/mol. The van der Waals surface area contributed by atoms with Crippen molar-refractivity contribution in [3.8, 4) is 0 Å². The number of carbonyl (C=O) groups is 1. The van der Waals surface area contributed by atoms with Gasteiger partial charge < -0.3 is 0 Å². The second kappa shape index (κ2) is 22.7. The molecule has 0 saturated heterocycles. The first kappa shape index (κ1) is 25.7. The summed E-state index contributed by atoms with van der Waals surface area (Å²) in [4.78, 5) is 11.9. The van der Waals surface area contributed by atoms with Crippen molar-refractivity contribution < 1.29 is 4.79 Å². The van der Waals surface area contributed by atoms with Crippen LogP contribution in [0.25, 0.3) is 0 Å². The van der Waals surface area contributed by atoms with E-state index < -0.39 is 0 Å². The highest BCUT2D eigenvalue weighted by molar-refractivity contribution is 5.78. The Morgan fingerprint density at radius 1 is 0.385 bits per heavy atom. The van der Waals surface area contributed by atoms with Crippen molar-refractivity contribution in [1.29, 1.82) is 0 Å². The third-order valence-electron chi connectivity index (χ3n) is 5.62. The number of unbranched alkanes of at least 4 members (excludes halogenated alkanes) is 18. The Morgan fingerprint density at radius 2 is 0.615 bits per heavy atom. The molecule has 156 valence electrons. The van der Waals surface area contributed by atoms with E-state index in [1.54, 1.807) is 0 Å². The molecule has 0 saturated carbocycles. The maximum atomic E-state index is 11.9. The molecule has 0 aromatic rings. The minimum Gasteiger partial charge on any atom is -0.300 e. The number of hydrogen-bond donors (Lipinski definition) is 0. The normalized spacial score (nSPS) is 11.2. The van der Waals surface area contributed by atoms with E-state index in [2.05, 4.69) is 13.8 Å². The second-order valence-corrected chi connectivity index (χ2v) is 8.40. The largest absolute Gasteiger partial charge is 0.300 e. The van der Waals surface area contributed by atoms with Crippen LogP contribution in [0.4, 0.5) is 0 Å². The number of ketones is 1. The van der Waals surface area contributed by atoms with Gasteiger partial charge in [0.15, 0.2) is 0 Å². The molecule has 1 nitrogen and oxygen atoms in total. The molecule has 0 aliphatic heterocycles. The third-order valence-corrected chi connectivity index (χ3v) is 5.62. The van der Waals surface area contributed by atoms with Crippen molar-refractivity contribution in [1.82, 2.24) is 0 Å². The van der Waals surface area contributed by atoms with E-state index in [4.69, 9.17) is 0 Å². The van der Waals surface area contributed by atoms with Crippen LogP contribution >= 0.6 is 0 Å². The van der Waals surface area contributed by atoms with Gasteiger partial charge in [0.25, 0.3) is 0 Å². The molecule has 0 N–H and O–H groups in total. The van der Waals surface area contributed by atoms with Crippen LogP contribution < -0.4 is 0 Å². The van der Waals surface area contributed by atoms with E-state index in [9.17, 15) is 4.79 Å². The van der Waals surface area contributed by atoms with E-state index in [-0.39, 0.29) is 0 Å². The maximum Gasteiger partial charge on any atom is 0.132 e. The summed E-state index contributed by atoms with van der Waals surface area (Å²) in [5, 5.41) is 0. The molecule has 0 aliphatic carbocycles. The van der Waals surface area contributed by atoms with Gasteiger partial charge in [0, 0.05) is 12.8 Å². The summed E-state index contributed by atoms with van der Waals surface area (Å²) in [5.41, 5.74) is 0. The molecular formula is C25H50O. The lowest BCUT2D eigenvalue weighted by molar-refractivity contribution is -0.119. The summed E-state index contributed by atoms with van der Waals surface area (Å²) in [7, 11) is 0. The first-order chi connectivity index (χ1) is 12.8.